The summed E-state index contributed by atoms with van der Waals surface area (Å²) in [6, 6.07) is 10.9. The van der Waals surface area contributed by atoms with Crippen molar-refractivity contribution in [1.29, 1.82) is 0 Å². The number of phenols is 1. The van der Waals surface area contributed by atoms with E-state index >= 15 is 0 Å². The van der Waals surface area contributed by atoms with Gasteiger partial charge in [0.1, 0.15) is 5.76 Å². The molecule has 3 N–H and O–H groups in total. The van der Waals surface area contributed by atoms with E-state index in [0.717, 1.165) is 0 Å². The minimum atomic E-state index is -0.565. The molecule has 0 atom stereocenters. The Balaban J connectivity index is 1.70. The topological polar surface area (TPSA) is 74.5 Å². The third-order valence-corrected chi connectivity index (χ3v) is 4.86. The number of halogens is 4. The van der Waals surface area contributed by atoms with Crippen LogP contribution in [0.3, 0.4) is 0 Å². The highest BCUT2D eigenvalue weighted by Gasteiger charge is 2.16. The molecule has 3 aromatic rings. The van der Waals surface area contributed by atoms with Gasteiger partial charge in [0.05, 0.1) is 15.1 Å². The molecule has 0 fully saturated rings. The van der Waals surface area contributed by atoms with Gasteiger partial charge in [0, 0.05) is 16.3 Å². The van der Waals surface area contributed by atoms with Crippen LogP contribution in [0.25, 0.3) is 11.3 Å². The predicted molar refractivity (Wildman–Crippen MR) is 116 cm³/mol. The molecule has 10 heteroatoms. The Kier molecular flexibility index (Phi) is 6.37. The number of hydrogen-bond donors (Lipinski definition) is 3. The molecular formula is C18H10Cl4N2O3S. The van der Waals surface area contributed by atoms with Gasteiger partial charge in [0.2, 0.25) is 0 Å². The number of amides is 1. The number of aromatic hydroxyl groups is 1. The van der Waals surface area contributed by atoms with Crippen LogP contribution in [0.15, 0.2) is 46.9 Å². The second-order valence-corrected chi connectivity index (χ2v) is 7.55. The van der Waals surface area contributed by atoms with E-state index in [2.05, 4.69) is 10.6 Å². The number of carbonyl (C=O) groups is 1. The Morgan fingerprint density at radius 2 is 1.64 bits per heavy atom. The van der Waals surface area contributed by atoms with Crippen molar-refractivity contribution in [2.75, 3.05) is 5.32 Å². The fourth-order valence-corrected chi connectivity index (χ4v) is 3.46. The van der Waals surface area contributed by atoms with Crippen LogP contribution < -0.4 is 10.6 Å². The number of nitrogens with one attached hydrogen (secondary N) is 2. The monoisotopic (exact) mass is 474 g/mol. The standard InChI is InChI=1S/C18H10Cl4N2O3S/c19-8-1-2-10(11(20)5-8)14-3-4-15(27-14)17(26)24-18(28)23-9-6-12(21)16(25)13(22)7-9/h1-7,25H,(H2,23,24,26,28). The molecule has 0 radical (unpaired) electrons. The van der Waals surface area contributed by atoms with Crippen molar-refractivity contribution >= 4 is 75.3 Å². The van der Waals surface area contributed by atoms with E-state index in [0.29, 0.717) is 27.1 Å². The summed E-state index contributed by atoms with van der Waals surface area (Å²) in [7, 11) is 0. The molecule has 2 aromatic carbocycles. The zero-order valence-corrected chi connectivity index (χ0v) is 17.6. The van der Waals surface area contributed by atoms with Gasteiger partial charge >= 0.3 is 0 Å². The first kappa shape index (κ1) is 20.8. The number of thiocarbonyl (C=S) groups is 1. The van der Waals surface area contributed by atoms with Gasteiger partial charge < -0.3 is 14.8 Å². The summed E-state index contributed by atoms with van der Waals surface area (Å²) >= 11 is 28.8. The maximum absolute atomic E-state index is 12.3. The van der Waals surface area contributed by atoms with E-state index in [-0.39, 0.29) is 26.7 Å². The highest BCUT2D eigenvalue weighted by Crippen LogP contribution is 2.34. The van der Waals surface area contributed by atoms with Crippen molar-refractivity contribution in [1.82, 2.24) is 5.32 Å². The van der Waals surface area contributed by atoms with E-state index in [1.54, 1.807) is 24.3 Å². The lowest BCUT2D eigenvalue weighted by Crippen LogP contribution is -2.33. The van der Waals surface area contributed by atoms with Crippen LogP contribution in [-0.2, 0) is 0 Å². The molecule has 0 aliphatic carbocycles. The molecule has 1 aromatic heterocycles. The van der Waals surface area contributed by atoms with Gasteiger partial charge in [-0.3, -0.25) is 10.1 Å². The number of rotatable bonds is 3. The number of benzene rings is 2. The second-order valence-electron chi connectivity index (χ2n) is 5.48. The van der Waals surface area contributed by atoms with Gasteiger partial charge in [-0.2, -0.15) is 0 Å². The number of anilines is 1. The maximum atomic E-state index is 12.3. The van der Waals surface area contributed by atoms with Crippen LogP contribution in [0.1, 0.15) is 10.6 Å². The summed E-state index contributed by atoms with van der Waals surface area (Å²) < 4.78 is 5.55. The van der Waals surface area contributed by atoms with E-state index < -0.39 is 5.91 Å². The van der Waals surface area contributed by atoms with Gasteiger partial charge in [0.25, 0.3) is 5.91 Å². The maximum Gasteiger partial charge on any atom is 0.293 e. The largest absolute Gasteiger partial charge is 0.505 e. The first-order valence-electron chi connectivity index (χ1n) is 7.60. The average molecular weight is 476 g/mol. The van der Waals surface area contributed by atoms with Crippen LogP contribution in [0.5, 0.6) is 5.75 Å². The van der Waals surface area contributed by atoms with E-state index in [4.69, 9.17) is 63.0 Å². The van der Waals surface area contributed by atoms with Gasteiger partial charge in [-0.05, 0) is 54.7 Å². The Bertz CT molecular complexity index is 1060. The molecule has 0 aliphatic heterocycles. The van der Waals surface area contributed by atoms with Crippen molar-refractivity contribution < 1.29 is 14.3 Å². The third kappa shape index (κ3) is 4.71. The Morgan fingerprint density at radius 3 is 2.29 bits per heavy atom. The minimum Gasteiger partial charge on any atom is -0.505 e. The van der Waals surface area contributed by atoms with Crippen LogP contribution in [0, 0.1) is 0 Å². The Labute approximate surface area is 185 Å². The van der Waals surface area contributed by atoms with E-state index in [9.17, 15) is 9.90 Å². The molecule has 144 valence electrons. The highest BCUT2D eigenvalue weighted by atomic mass is 35.5. The van der Waals surface area contributed by atoms with Gasteiger partial charge in [0.15, 0.2) is 16.6 Å². The van der Waals surface area contributed by atoms with Crippen molar-refractivity contribution in [2.45, 2.75) is 0 Å². The number of hydrogen-bond acceptors (Lipinski definition) is 4. The van der Waals surface area contributed by atoms with Crippen molar-refractivity contribution in [2.24, 2.45) is 0 Å². The Hall–Kier alpha value is -1.96. The quantitative estimate of drug-likeness (QED) is 0.302. The second kappa shape index (κ2) is 8.59. The summed E-state index contributed by atoms with van der Waals surface area (Å²) in [4.78, 5) is 12.3. The summed E-state index contributed by atoms with van der Waals surface area (Å²) in [5, 5.41) is 15.7. The molecule has 3 rings (SSSR count). The number of carbonyl (C=O) groups excluding carboxylic acids is 1. The minimum absolute atomic E-state index is 0.00898. The summed E-state index contributed by atoms with van der Waals surface area (Å²) in [5.74, 6) is -0.368. The third-order valence-electron chi connectivity index (χ3n) is 3.53. The lowest BCUT2D eigenvalue weighted by Gasteiger charge is -2.10. The number of phenolic OH excluding ortho intramolecular Hbond substituents is 1. The SMILES string of the molecule is O=C(NC(=S)Nc1cc(Cl)c(O)c(Cl)c1)c1ccc(-c2ccc(Cl)cc2Cl)o1. The molecule has 28 heavy (non-hydrogen) atoms. The molecule has 5 nitrogen and oxygen atoms in total. The first-order valence-corrected chi connectivity index (χ1v) is 9.52. The molecule has 0 aliphatic rings. The normalized spacial score (nSPS) is 10.6. The molecule has 0 spiro atoms. The highest BCUT2D eigenvalue weighted by molar-refractivity contribution is 7.80. The summed E-state index contributed by atoms with van der Waals surface area (Å²) in [6.45, 7) is 0. The molecule has 1 heterocycles. The lowest BCUT2D eigenvalue weighted by atomic mass is 10.2. The van der Waals surface area contributed by atoms with E-state index in [1.807, 2.05) is 0 Å². The predicted octanol–water partition coefficient (Wildman–Crippen LogP) is 6.39. The van der Waals surface area contributed by atoms with Crippen LogP contribution in [0.4, 0.5) is 5.69 Å². The van der Waals surface area contributed by atoms with Crippen LogP contribution >= 0.6 is 58.6 Å². The van der Waals surface area contributed by atoms with Crippen molar-refractivity contribution in [3.05, 3.63) is 68.3 Å². The van der Waals surface area contributed by atoms with Crippen molar-refractivity contribution in [3.63, 3.8) is 0 Å². The first-order chi connectivity index (χ1) is 13.2. The number of furan rings is 1. The fourth-order valence-electron chi connectivity index (χ4n) is 2.26. The van der Waals surface area contributed by atoms with Gasteiger partial charge in [-0.15, -0.1) is 0 Å². The molecule has 1 amide bonds. The lowest BCUT2D eigenvalue weighted by molar-refractivity contribution is 0.0951. The zero-order valence-electron chi connectivity index (χ0n) is 13.7. The van der Waals surface area contributed by atoms with E-state index in [1.165, 1.54) is 18.2 Å². The molecule has 0 saturated heterocycles. The van der Waals surface area contributed by atoms with Crippen LogP contribution in [-0.4, -0.2) is 16.1 Å². The summed E-state index contributed by atoms with van der Waals surface area (Å²) in [5.41, 5.74) is 0.991. The molecule has 0 saturated carbocycles. The average Bonchev–Trinajstić information content (AvgIpc) is 3.09. The van der Waals surface area contributed by atoms with Crippen molar-refractivity contribution in [3.8, 4) is 17.1 Å². The summed E-state index contributed by atoms with van der Waals surface area (Å²) in [6.07, 6.45) is 0. The van der Waals surface area contributed by atoms with Gasteiger partial charge in [-0.25, -0.2) is 0 Å². The smallest absolute Gasteiger partial charge is 0.293 e. The molecular weight excluding hydrogens is 466 g/mol. The zero-order chi connectivity index (χ0) is 20.4. The van der Waals surface area contributed by atoms with Crippen LogP contribution in [0.2, 0.25) is 20.1 Å². The fraction of sp³-hybridized carbons (Fsp3) is 0. The Morgan fingerprint density at radius 1 is 0.964 bits per heavy atom. The molecule has 0 bridgehead atoms. The molecule has 0 unspecified atom stereocenters. The van der Waals surface area contributed by atoms with Gasteiger partial charge in [-0.1, -0.05) is 46.4 Å².